The Morgan fingerprint density at radius 2 is 2.24 bits per heavy atom. The van der Waals surface area contributed by atoms with Crippen molar-refractivity contribution in [2.75, 3.05) is 6.61 Å². The van der Waals surface area contributed by atoms with E-state index in [4.69, 9.17) is 4.74 Å². The molecule has 2 aromatic rings. The highest BCUT2D eigenvalue weighted by atomic mass is 16.5. The number of hydrogen-bond donors (Lipinski definition) is 2. The van der Waals surface area contributed by atoms with Crippen LogP contribution in [0.3, 0.4) is 0 Å². The summed E-state index contributed by atoms with van der Waals surface area (Å²) < 4.78 is 7.28. The first-order chi connectivity index (χ1) is 8.25. The summed E-state index contributed by atoms with van der Waals surface area (Å²) in [7, 11) is 0. The van der Waals surface area contributed by atoms with Crippen LogP contribution in [0.4, 0.5) is 0 Å². The second-order valence-corrected chi connectivity index (χ2v) is 4.08. The molecule has 0 aromatic carbocycles. The zero-order chi connectivity index (χ0) is 11.8. The Morgan fingerprint density at radius 3 is 3.00 bits per heavy atom. The van der Waals surface area contributed by atoms with Crippen LogP contribution in [0.1, 0.15) is 25.5 Å². The molecular formula is C10H12N4O3. The lowest BCUT2D eigenvalue weighted by molar-refractivity contribution is -0.0296. The molecule has 1 atom stereocenters. The van der Waals surface area contributed by atoms with E-state index in [-0.39, 0.29) is 6.23 Å². The van der Waals surface area contributed by atoms with Gasteiger partial charge in [0.05, 0.1) is 6.33 Å². The van der Waals surface area contributed by atoms with Gasteiger partial charge in [-0.25, -0.2) is 9.78 Å². The molecule has 7 heteroatoms. The van der Waals surface area contributed by atoms with E-state index < -0.39 is 11.2 Å². The van der Waals surface area contributed by atoms with Gasteiger partial charge in [0.25, 0.3) is 5.56 Å². The number of fused-ring (bicyclic) bond motifs is 1. The minimum absolute atomic E-state index is 0.166. The maximum atomic E-state index is 11.7. The van der Waals surface area contributed by atoms with Crippen molar-refractivity contribution in [2.45, 2.75) is 25.5 Å². The maximum Gasteiger partial charge on any atom is 0.327 e. The standard InChI is InChI=1S/C10H12N4O3/c15-9-7-8(12-10(16)13-9)11-5-14(7)6-3-1-2-4-17-6/h5-6H,1-4H2,(H2,12,13,15,16). The summed E-state index contributed by atoms with van der Waals surface area (Å²) in [6.07, 6.45) is 4.32. The summed E-state index contributed by atoms with van der Waals surface area (Å²) >= 11 is 0. The van der Waals surface area contributed by atoms with E-state index >= 15 is 0 Å². The summed E-state index contributed by atoms with van der Waals surface area (Å²) in [5.74, 6) is 0. The highest BCUT2D eigenvalue weighted by Crippen LogP contribution is 2.23. The lowest BCUT2D eigenvalue weighted by Gasteiger charge is -2.23. The van der Waals surface area contributed by atoms with E-state index in [1.165, 1.54) is 6.33 Å². The normalized spacial score (nSPS) is 20.8. The van der Waals surface area contributed by atoms with Crippen molar-refractivity contribution in [3.8, 4) is 0 Å². The molecule has 17 heavy (non-hydrogen) atoms. The predicted molar refractivity (Wildman–Crippen MR) is 59.8 cm³/mol. The Morgan fingerprint density at radius 1 is 1.35 bits per heavy atom. The topological polar surface area (TPSA) is 92.8 Å². The minimum atomic E-state index is -0.544. The third kappa shape index (κ3) is 1.68. The molecule has 2 N–H and O–H groups in total. The van der Waals surface area contributed by atoms with Gasteiger partial charge in [-0.2, -0.15) is 0 Å². The number of H-pyrrole nitrogens is 2. The molecule has 0 bridgehead atoms. The summed E-state index contributed by atoms with van der Waals surface area (Å²) in [4.78, 5) is 31.5. The molecule has 1 aliphatic heterocycles. The number of imidazole rings is 1. The second kappa shape index (κ2) is 3.85. The molecule has 0 saturated carbocycles. The van der Waals surface area contributed by atoms with Gasteiger partial charge in [0.1, 0.15) is 6.23 Å². The molecule has 7 nitrogen and oxygen atoms in total. The SMILES string of the molecule is O=c1[nH]c(=O)c2c(ncn2C2CCCCO2)[nH]1. The van der Waals surface area contributed by atoms with Crippen LogP contribution in [0.5, 0.6) is 0 Å². The van der Waals surface area contributed by atoms with Crippen molar-refractivity contribution in [1.29, 1.82) is 0 Å². The quantitative estimate of drug-likeness (QED) is 0.735. The lowest BCUT2D eigenvalue weighted by atomic mass is 10.2. The zero-order valence-electron chi connectivity index (χ0n) is 9.10. The third-order valence-corrected chi connectivity index (χ3v) is 2.93. The van der Waals surface area contributed by atoms with E-state index in [9.17, 15) is 9.59 Å². The molecule has 1 unspecified atom stereocenters. The van der Waals surface area contributed by atoms with E-state index in [0.717, 1.165) is 19.3 Å². The summed E-state index contributed by atoms with van der Waals surface area (Å²) in [6.45, 7) is 0.686. The number of hydrogen-bond acceptors (Lipinski definition) is 4. The zero-order valence-corrected chi connectivity index (χ0v) is 9.10. The molecule has 0 radical (unpaired) electrons. The van der Waals surface area contributed by atoms with Crippen molar-refractivity contribution < 1.29 is 4.74 Å². The molecule has 90 valence electrons. The Balaban J connectivity index is 2.17. The summed E-state index contributed by atoms with van der Waals surface area (Å²) in [6, 6.07) is 0. The van der Waals surface area contributed by atoms with Gasteiger partial charge in [-0.1, -0.05) is 0 Å². The largest absolute Gasteiger partial charge is 0.358 e. The van der Waals surface area contributed by atoms with Crippen molar-refractivity contribution >= 4 is 11.2 Å². The summed E-state index contributed by atoms with van der Waals surface area (Å²) in [5.41, 5.74) is -0.322. The Hall–Kier alpha value is -1.89. The Bertz CT molecular complexity index is 647. The third-order valence-electron chi connectivity index (χ3n) is 2.93. The van der Waals surface area contributed by atoms with Gasteiger partial charge >= 0.3 is 5.69 Å². The molecule has 2 aromatic heterocycles. The average Bonchev–Trinajstić information content (AvgIpc) is 2.74. The first kappa shape index (κ1) is 10.3. The van der Waals surface area contributed by atoms with E-state index in [0.29, 0.717) is 17.8 Å². The van der Waals surface area contributed by atoms with Crippen LogP contribution in [-0.4, -0.2) is 26.1 Å². The molecule has 0 spiro atoms. The highest BCUT2D eigenvalue weighted by molar-refractivity contribution is 5.68. The van der Waals surface area contributed by atoms with Crippen LogP contribution >= 0.6 is 0 Å². The van der Waals surface area contributed by atoms with Gasteiger partial charge in [0, 0.05) is 6.61 Å². The number of aromatic amines is 2. The van der Waals surface area contributed by atoms with Crippen LogP contribution < -0.4 is 11.2 Å². The number of nitrogens with one attached hydrogen (secondary N) is 2. The van der Waals surface area contributed by atoms with Crippen molar-refractivity contribution in [2.24, 2.45) is 0 Å². The van der Waals surface area contributed by atoms with Crippen molar-refractivity contribution in [1.82, 2.24) is 19.5 Å². The van der Waals surface area contributed by atoms with Gasteiger partial charge in [0.15, 0.2) is 11.2 Å². The molecule has 0 amide bonds. The van der Waals surface area contributed by atoms with Crippen molar-refractivity contribution in [3.63, 3.8) is 0 Å². The first-order valence-electron chi connectivity index (χ1n) is 5.56. The summed E-state index contributed by atoms with van der Waals surface area (Å²) in [5, 5.41) is 0. The molecule has 1 fully saturated rings. The van der Waals surface area contributed by atoms with Gasteiger partial charge in [0.2, 0.25) is 0 Å². The maximum absolute atomic E-state index is 11.7. The molecule has 3 heterocycles. The predicted octanol–water partition coefficient (Wildman–Crippen LogP) is 0.112. The average molecular weight is 236 g/mol. The number of aromatic nitrogens is 4. The van der Waals surface area contributed by atoms with Gasteiger partial charge in [-0.05, 0) is 19.3 Å². The van der Waals surface area contributed by atoms with E-state index in [2.05, 4.69) is 15.0 Å². The van der Waals surface area contributed by atoms with Crippen LogP contribution in [-0.2, 0) is 4.74 Å². The molecule has 3 rings (SSSR count). The van der Waals surface area contributed by atoms with Crippen LogP contribution in [0, 0.1) is 0 Å². The number of nitrogens with zero attached hydrogens (tertiary/aromatic N) is 2. The van der Waals surface area contributed by atoms with E-state index in [1.807, 2.05) is 0 Å². The van der Waals surface area contributed by atoms with Crippen LogP contribution in [0.2, 0.25) is 0 Å². The fourth-order valence-electron chi connectivity index (χ4n) is 2.14. The molecule has 0 aliphatic carbocycles. The lowest BCUT2D eigenvalue weighted by Crippen LogP contribution is -2.25. The smallest absolute Gasteiger partial charge is 0.327 e. The molecular weight excluding hydrogens is 224 g/mol. The number of ether oxygens (including phenoxy) is 1. The first-order valence-corrected chi connectivity index (χ1v) is 5.56. The Kier molecular flexibility index (Phi) is 2.32. The molecule has 1 aliphatic rings. The van der Waals surface area contributed by atoms with Crippen molar-refractivity contribution in [3.05, 3.63) is 27.2 Å². The Labute approximate surface area is 95.4 Å². The fraction of sp³-hybridized carbons (Fsp3) is 0.500. The van der Waals surface area contributed by atoms with Gasteiger partial charge in [-0.3, -0.25) is 19.3 Å². The van der Waals surface area contributed by atoms with Crippen LogP contribution in [0.15, 0.2) is 15.9 Å². The van der Waals surface area contributed by atoms with Gasteiger partial charge in [-0.15, -0.1) is 0 Å². The van der Waals surface area contributed by atoms with E-state index in [1.54, 1.807) is 4.57 Å². The number of rotatable bonds is 1. The molecule has 1 saturated heterocycles. The fourth-order valence-corrected chi connectivity index (χ4v) is 2.14. The van der Waals surface area contributed by atoms with Gasteiger partial charge < -0.3 is 4.74 Å². The highest BCUT2D eigenvalue weighted by Gasteiger charge is 2.19. The van der Waals surface area contributed by atoms with Crippen LogP contribution in [0.25, 0.3) is 11.2 Å². The minimum Gasteiger partial charge on any atom is -0.358 e. The monoisotopic (exact) mass is 236 g/mol. The second-order valence-electron chi connectivity index (χ2n) is 4.08.